The highest BCUT2D eigenvalue weighted by Crippen LogP contribution is 2.16. The second-order valence-electron chi connectivity index (χ2n) is 3.55. The van der Waals surface area contributed by atoms with Crippen LogP contribution in [0.3, 0.4) is 0 Å². The second-order valence-corrected chi connectivity index (χ2v) is 3.55. The third-order valence-electron chi connectivity index (χ3n) is 2.04. The van der Waals surface area contributed by atoms with Crippen LogP contribution in [0.15, 0.2) is 18.2 Å². The minimum Gasteiger partial charge on any atom is -0.493 e. The highest BCUT2D eigenvalue weighted by Gasteiger charge is 1.99. The maximum atomic E-state index is 7.29. The first kappa shape index (κ1) is 11.6. The molecule has 3 heteroatoms. The molecule has 0 aliphatic rings. The Hall–Kier alpha value is -1.51. The molecule has 0 saturated heterocycles. The first-order valence-corrected chi connectivity index (χ1v) is 4.94. The zero-order chi connectivity index (χ0) is 11.3. The molecule has 0 unspecified atom stereocenters. The Morgan fingerprint density at radius 1 is 1.20 bits per heavy atom. The van der Waals surface area contributed by atoms with Crippen molar-refractivity contribution < 1.29 is 9.47 Å². The molecule has 0 bridgehead atoms. The molecule has 0 atom stereocenters. The second kappa shape index (κ2) is 5.39. The van der Waals surface area contributed by atoms with Gasteiger partial charge in [-0.05, 0) is 37.1 Å². The van der Waals surface area contributed by atoms with E-state index in [4.69, 9.17) is 14.9 Å². The van der Waals surface area contributed by atoms with Crippen molar-refractivity contribution in [2.24, 2.45) is 0 Å². The van der Waals surface area contributed by atoms with Crippen molar-refractivity contribution >= 4 is 5.90 Å². The Morgan fingerprint density at radius 2 is 1.80 bits per heavy atom. The lowest BCUT2D eigenvalue weighted by Gasteiger charge is -2.08. The molecule has 3 nitrogen and oxygen atoms in total. The molecule has 0 aromatic heterocycles. The van der Waals surface area contributed by atoms with Crippen molar-refractivity contribution in [1.29, 1.82) is 5.41 Å². The predicted octanol–water partition coefficient (Wildman–Crippen LogP) is 2.70. The number of ether oxygens (including phenoxy) is 2. The Bertz CT molecular complexity index is 327. The van der Waals surface area contributed by atoms with E-state index in [0.717, 1.165) is 5.75 Å². The minimum absolute atomic E-state index is 0.249. The fraction of sp³-hybridized carbons (Fsp3) is 0.417. The quantitative estimate of drug-likeness (QED) is 0.609. The van der Waals surface area contributed by atoms with Gasteiger partial charge < -0.3 is 9.47 Å². The van der Waals surface area contributed by atoms with Crippen LogP contribution in [0.1, 0.15) is 17.5 Å². The highest BCUT2D eigenvalue weighted by atomic mass is 16.5. The Morgan fingerprint density at radius 3 is 2.33 bits per heavy atom. The molecule has 1 aromatic rings. The van der Waals surface area contributed by atoms with Crippen LogP contribution in [-0.2, 0) is 4.74 Å². The number of hydrogen-bond donors (Lipinski definition) is 1. The zero-order valence-corrected chi connectivity index (χ0v) is 9.46. The van der Waals surface area contributed by atoms with Gasteiger partial charge in [-0.2, -0.15) is 0 Å². The molecule has 0 fully saturated rings. The van der Waals surface area contributed by atoms with Crippen LogP contribution in [0.4, 0.5) is 0 Å². The van der Waals surface area contributed by atoms with Gasteiger partial charge in [0.05, 0.1) is 20.1 Å². The van der Waals surface area contributed by atoms with Gasteiger partial charge in [-0.15, -0.1) is 0 Å². The number of rotatable bonds is 4. The zero-order valence-electron chi connectivity index (χ0n) is 9.46. The summed E-state index contributed by atoms with van der Waals surface area (Å²) in [5, 5.41) is 7.29. The molecule has 0 aliphatic carbocycles. The van der Waals surface area contributed by atoms with Gasteiger partial charge in [-0.1, -0.05) is 6.07 Å². The van der Waals surface area contributed by atoms with Crippen LogP contribution in [0.5, 0.6) is 5.75 Å². The van der Waals surface area contributed by atoms with Crippen molar-refractivity contribution in [1.82, 2.24) is 0 Å². The Kier molecular flexibility index (Phi) is 4.16. The summed E-state index contributed by atoms with van der Waals surface area (Å²) >= 11 is 0. The van der Waals surface area contributed by atoms with Crippen LogP contribution < -0.4 is 4.74 Å². The van der Waals surface area contributed by atoms with E-state index in [9.17, 15) is 0 Å². The SMILES string of the molecule is COC(=N)CCOc1cc(C)cc(C)c1. The fourth-order valence-corrected chi connectivity index (χ4v) is 1.38. The summed E-state index contributed by atoms with van der Waals surface area (Å²) in [5.41, 5.74) is 2.37. The normalized spacial score (nSPS) is 9.80. The van der Waals surface area contributed by atoms with Crippen LogP contribution in [0.25, 0.3) is 0 Å². The number of nitrogens with one attached hydrogen (secondary N) is 1. The van der Waals surface area contributed by atoms with Crippen molar-refractivity contribution in [3.63, 3.8) is 0 Å². The highest BCUT2D eigenvalue weighted by molar-refractivity contribution is 5.72. The lowest BCUT2D eigenvalue weighted by Crippen LogP contribution is -2.06. The lowest BCUT2D eigenvalue weighted by molar-refractivity contribution is 0.307. The van der Waals surface area contributed by atoms with Gasteiger partial charge in [0.1, 0.15) is 5.75 Å². The number of benzene rings is 1. The summed E-state index contributed by atoms with van der Waals surface area (Å²) in [6, 6.07) is 6.08. The molecule has 0 saturated carbocycles. The van der Waals surface area contributed by atoms with Gasteiger partial charge in [0.25, 0.3) is 0 Å². The maximum Gasteiger partial charge on any atom is 0.183 e. The number of hydrogen-bond acceptors (Lipinski definition) is 3. The predicted molar refractivity (Wildman–Crippen MR) is 60.8 cm³/mol. The van der Waals surface area contributed by atoms with Gasteiger partial charge in [0, 0.05) is 0 Å². The molecule has 82 valence electrons. The molecule has 0 radical (unpaired) electrons. The van der Waals surface area contributed by atoms with E-state index >= 15 is 0 Å². The van der Waals surface area contributed by atoms with Crippen LogP contribution in [0.2, 0.25) is 0 Å². The van der Waals surface area contributed by atoms with Gasteiger partial charge >= 0.3 is 0 Å². The lowest BCUT2D eigenvalue weighted by atomic mass is 10.1. The molecular weight excluding hydrogens is 190 g/mol. The van der Waals surface area contributed by atoms with E-state index in [2.05, 4.69) is 6.07 Å². The van der Waals surface area contributed by atoms with Gasteiger partial charge in [-0.3, -0.25) is 5.41 Å². The molecular formula is C12H17NO2. The molecule has 1 aromatic carbocycles. The standard InChI is InChI=1S/C12H17NO2/c1-9-6-10(2)8-11(7-9)15-5-4-12(13)14-3/h6-8,13H,4-5H2,1-3H3. The smallest absolute Gasteiger partial charge is 0.183 e. The van der Waals surface area contributed by atoms with E-state index < -0.39 is 0 Å². The van der Waals surface area contributed by atoms with Crippen molar-refractivity contribution in [3.05, 3.63) is 29.3 Å². The van der Waals surface area contributed by atoms with Gasteiger partial charge in [0.2, 0.25) is 0 Å². The Balaban J connectivity index is 2.47. The molecule has 1 rings (SSSR count). The monoisotopic (exact) mass is 207 g/mol. The molecule has 0 spiro atoms. The van der Waals surface area contributed by atoms with E-state index in [1.165, 1.54) is 18.2 Å². The van der Waals surface area contributed by atoms with Crippen LogP contribution >= 0.6 is 0 Å². The number of methoxy groups -OCH3 is 1. The molecule has 15 heavy (non-hydrogen) atoms. The summed E-state index contributed by atoms with van der Waals surface area (Å²) in [6.07, 6.45) is 0.503. The van der Waals surface area contributed by atoms with Crippen molar-refractivity contribution in [3.8, 4) is 5.75 Å². The minimum atomic E-state index is 0.249. The summed E-state index contributed by atoms with van der Waals surface area (Å²) < 4.78 is 10.3. The average Bonchev–Trinajstić information content (AvgIpc) is 2.16. The molecule has 0 heterocycles. The van der Waals surface area contributed by atoms with E-state index in [1.807, 2.05) is 26.0 Å². The topological polar surface area (TPSA) is 42.3 Å². The summed E-state index contributed by atoms with van der Waals surface area (Å²) in [5.74, 6) is 1.11. The van der Waals surface area contributed by atoms with Crippen LogP contribution in [0, 0.1) is 19.3 Å². The van der Waals surface area contributed by atoms with Gasteiger partial charge in [0.15, 0.2) is 5.90 Å². The molecule has 1 N–H and O–H groups in total. The summed E-state index contributed by atoms with van der Waals surface area (Å²) in [6.45, 7) is 4.56. The van der Waals surface area contributed by atoms with Crippen molar-refractivity contribution in [2.75, 3.05) is 13.7 Å². The summed E-state index contributed by atoms with van der Waals surface area (Å²) in [4.78, 5) is 0. The summed E-state index contributed by atoms with van der Waals surface area (Å²) in [7, 11) is 1.50. The third-order valence-corrected chi connectivity index (χ3v) is 2.04. The maximum absolute atomic E-state index is 7.29. The average molecular weight is 207 g/mol. The van der Waals surface area contributed by atoms with E-state index in [1.54, 1.807) is 0 Å². The first-order valence-electron chi connectivity index (χ1n) is 4.94. The molecule has 0 amide bonds. The third kappa shape index (κ3) is 4.02. The van der Waals surface area contributed by atoms with Crippen molar-refractivity contribution in [2.45, 2.75) is 20.3 Å². The fourth-order valence-electron chi connectivity index (χ4n) is 1.38. The van der Waals surface area contributed by atoms with E-state index in [-0.39, 0.29) is 5.90 Å². The van der Waals surface area contributed by atoms with Crippen LogP contribution in [-0.4, -0.2) is 19.6 Å². The largest absolute Gasteiger partial charge is 0.493 e. The first-order chi connectivity index (χ1) is 7.11. The molecule has 0 aliphatic heterocycles. The Labute approximate surface area is 90.5 Å². The van der Waals surface area contributed by atoms with E-state index in [0.29, 0.717) is 13.0 Å². The van der Waals surface area contributed by atoms with Gasteiger partial charge in [-0.25, -0.2) is 0 Å². The number of aryl methyl sites for hydroxylation is 2.